The second kappa shape index (κ2) is 7.71. The average molecular weight is 392 g/mol. The summed E-state index contributed by atoms with van der Waals surface area (Å²) in [6.07, 6.45) is 5.69. The Labute approximate surface area is 169 Å². The van der Waals surface area contributed by atoms with Gasteiger partial charge in [0.25, 0.3) is 5.91 Å². The van der Waals surface area contributed by atoms with E-state index in [1.54, 1.807) is 0 Å². The second-order valence-corrected chi connectivity index (χ2v) is 7.36. The van der Waals surface area contributed by atoms with Gasteiger partial charge >= 0.3 is 0 Å². The molecule has 5 rings (SSSR count). The molecule has 0 unspecified atom stereocenters. The van der Waals surface area contributed by atoms with E-state index < -0.39 is 0 Å². The van der Waals surface area contributed by atoms with Gasteiger partial charge in [-0.15, -0.1) is 0 Å². The molecule has 2 aliphatic heterocycles. The average Bonchev–Trinajstić information content (AvgIpc) is 3.24. The summed E-state index contributed by atoms with van der Waals surface area (Å²) in [5.41, 5.74) is 1.77. The van der Waals surface area contributed by atoms with Crippen molar-refractivity contribution in [2.24, 2.45) is 0 Å². The fourth-order valence-corrected chi connectivity index (χ4v) is 3.92. The highest BCUT2D eigenvalue weighted by Gasteiger charge is 2.24. The molecule has 0 saturated carbocycles. The highest BCUT2D eigenvalue weighted by atomic mass is 16.5. The van der Waals surface area contributed by atoms with Gasteiger partial charge in [-0.05, 0) is 24.3 Å². The van der Waals surface area contributed by atoms with Crippen LogP contribution >= 0.6 is 0 Å². The zero-order chi connectivity index (χ0) is 19.6. The van der Waals surface area contributed by atoms with E-state index in [2.05, 4.69) is 14.8 Å². The lowest BCUT2D eigenvalue weighted by Gasteiger charge is -2.35. The summed E-state index contributed by atoms with van der Waals surface area (Å²) in [6.45, 7) is 5.95. The summed E-state index contributed by atoms with van der Waals surface area (Å²) in [7, 11) is 0. The van der Waals surface area contributed by atoms with E-state index in [9.17, 15) is 4.79 Å². The molecule has 0 N–H and O–H groups in total. The normalized spacial score (nSPS) is 17.7. The smallest absolute Gasteiger partial charge is 0.255 e. The number of amides is 1. The lowest BCUT2D eigenvalue weighted by Crippen LogP contribution is -2.49. The maximum absolute atomic E-state index is 12.9. The first kappa shape index (κ1) is 17.9. The van der Waals surface area contributed by atoms with Crippen LogP contribution in [0.5, 0.6) is 0 Å². The van der Waals surface area contributed by atoms with Gasteiger partial charge in [-0.3, -0.25) is 4.79 Å². The highest BCUT2D eigenvalue weighted by Crippen LogP contribution is 2.19. The molecule has 0 bridgehead atoms. The van der Waals surface area contributed by atoms with Crippen molar-refractivity contribution in [3.63, 3.8) is 0 Å². The van der Waals surface area contributed by atoms with Crippen LogP contribution in [-0.2, 0) is 4.74 Å². The Balaban J connectivity index is 1.25. The van der Waals surface area contributed by atoms with E-state index in [0.717, 1.165) is 49.0 Å². The van der Waals surface area contributed by atoms with E-state index in [1.807, 2.05) is 58.2 Å². The first-order valence-electron chi connectivity index (χ1n) is 10.0. The summed E-state index contributed by atoms with van der Waals surface area (Å²) in [6, 6.07) is 9.85. The quantitative estimate of drug-likeness (QED) is 0.674. The van der Waals surface area contributed by atoms with Crippen LogP contribution in [0.4, 0.5) is 11.8 Å². The van der Waals surface area contributed by atoms with Gasteiger partial charge in [0.15, 0.2) is 0 Å². The maximum atomic E-state index is 12.9. The number of rotatable bonds is 3. The van der Waals surface area contributed by atoms with E-state index in [0.29, 0.717) is 26.3 Å². The van der Waals surface area contributed by atoms with Crippen LogP contribution in [0, 0.1) is 0 Å². The molecular formula is C21H24N6O2. The largest absolute Gasteiger partial charge is 0.378 e. The van der Waals surface area contributed by atoms with Gasteiger partial charge in [0.05, 0.1) is 18.8 Å². The van der Waals surface area contributed by atoms with Crippen LogP contribution in [0.25, 0.3) is 5.52 Å². The molecule has 2 saturated heterocycles. The first-order valence-corrected chi connectivity index (χ1v) is 10.0. The number of hydrogen-bond donors (Lipinski definition) is 0. The molecule has 0 atom stereocenters. The summed E-state index contributed by atoms with van der Waals surface area (Å²) < 4.78 is 7.39. The minimum absolute atomic E-state index is 0.0880. The van der Waals surface area contributed by atoms with E-state index in [4.69, 9.17) is 9.72 Å². The molecular weight excluding hydrogens is 368 g/mol. The molecule has 0 aromatic carbocycles. The topological polar surface area (TPSA) is 66.2 Å². The molecule has 5 heterocycles. The number of carbonyl (C=O) groups is 1. The molecule has 2 aliphatic rings. The number of ether oxygens (including phenoxy) is 1. The number of hydrogen-bond acceptors (Lipinski definition) is 6. The Bertz CT molecular complexity index is 972. The predicted octanol–water partition coefficient (Wildman–Crippen LogP) is 1.53. The van der Waals surface area contributed by atoms with Crippen LogP contribution in [0.15, 0.2) is 48.9 Å². The van der Waals surface area contributed by atoms with Crippen molar-refractivity contribution in [3.05, 3.63) is 54.5 Å². The van der Waals surface area contributed by atoms with Gasteiger partial charge in [0, 0.05) is 63.4 Å². The van der Waals surface area contributed by atoms with Crippen LogP contribution in [0.3, 0.4) is 0 Å². The van der Waals surface area contributed by atoms with Crippen LogP contribution < -0.4 is 9.80 Å². The maximum Gasteiger partial charge on any atom is 0.255 e. The second-order valence-electron chi connectivity index (χ2n) is 7.36. The van der Waals surface area contributed by atoms with Gasteiger partial charge in [-0.2, -0.15) is 4.98 Å². The molecule has 3 aromatic rings. The summed E-state index contributed by atoms with van der Waals surface area (Å²) in [4.78, 5) is 28.4. The molecule has 0 aliphatic carbocycles. The third-order valence-electron chi connectivity index (χ3n) is 5.56. The lowest BCUT2D eigenvalue weighted by atomic mass is 10.2. The van der Waals surface area contributed by atoms with Crippen molar-refractivity contribution in [2.45, 2.75) is 0 Å². The zero-order valence-corrected chi connectivity index (χ0v) is 16.3. The van der Waals surface area contributed by atoms with Crippen molar-refractivity contribution >= 4 is 23.2 Å². The number of fused-ring (bicyclic) bond motifs is 1. The molecule has 150 valence electrons. The fourth-order valence-electron chi connectivity index (χ4n) is 3.92. The molecule has 3 aromatic heterocycles. The van der Waals surface area contributed by atoms with Crippen molar-refractivity contribution in [1.82, 2.24) is 19.3 Å². The monoisotopic (exact) mass is 392 g/mol. The minimum atomic E-state index is 0.0880. The Hall–Kier alpha value is -3.13. The van der Waals surface area contributed by atoms with Gasteiger partial charge in [-0.25, -0.2) is 4.98 Å². The zero-order valence-electron chi connectivity index (χ0n) is 16.3. The van der Waals surface area contributed by atoms with Crippen molar-refractivity contribution in [2.75, 3.05) is 62.3 Å². The first-order chi connectivity index (χ1) is 14.3. The van der Waals surface area contributed by atoms with Gasteiger partial charge in [0.2, 0.25) is 5.95 Å². The number of morpholine rings is 1. The fraction of sp³-hybridized carbons (Fsp3) is 0.381. The van der Waals surface area contributed by atoms with Crippen molar-refractivity contribution < 1.29 is 9.53 Å². The molecule has 8 heteroatoms. The Morgan fingerprint density at radius 3 is 2.59 bits per heavy atom. The summed E-state index contributed by atoms with van der Waals surface area (Å²) in [5, 5.41) is 0. The van der Waals surface area contributed by atoms with Gasteiger partial charge in [0.1, 0.15) is 5.82 Å². The number of aromatic nitrogens is 3. The van der Waals surface area contributed by atoms with E-state index in [1.165, 1.54) is 0 Å². The van der Waals surface area contributed by atoms with Crippen LogP contribution in [0.1, 0.15) is 10.4 Å². The van der Waals surface area contributed by atoms with Crippen LogP contribution in [-0.4, -0.2) is 77.7 Å². The number of pyridine rings is 1. The van der Waals surface area contributed by atoms with E-state index in [-0.39, 0.29) is 5.91 Å². The number of anilines is 2. The van der Waals surface area contributed by atoms with Crippen molar-refractivity contribution in [3.8, 4) is 0 Å². The predicted molar refractivity (Wildman–Crippen MR) is 111 cm³/mol. The number of carbonyl (C=O) groups excluding carboxylic acids is 1. The van der Waals surface area contributed by atoms with Gasteiger partial charge in [-0.1, -0.05) is 6.07 Å². The lowest BCUT2D eigenvalue weighted by molar-refractivity contribution is 0.0746. The van der Waals surface area contributed by atoms with Crippen molar-refractivity contribution in [1.29, 1.82) is 0 Å². The molecule has 0 radical (unpaired) electrons. The van der Waals surface area contributed by atoms with Crippen LogP contribution in [0.2, 0.25) is 0 Å². The van der Waals surface area contributed by atoms with Gasteiger partial charge < -0.3 is 23.8 Å². The number of piperazine rings is 1. The third kappa shape index (κ3) is 3.63. The number of nitrogens with zero attached hydrogens (tertiary/aromatic N) is 6. The SMILES string of the molecule is O=C(c1cc2ccccn2c1)N1CCN(c2ccnc(N3CCOCC3)n2)CC1. The summed E-state index contributed by atoms with van der Waals surface area (Å²) in [5.74, 6) is 1.76. The Morgan fingerprint density at radius 2 is 1.79 bits per heavy atom. The minimum Gasteiger partial charge on any atom is -0.378 e. The molecule has 1 amide bonds. The molecule has 8 nitrogen and oxygen atoms in total. The summed E-state index contributed by atoms with van der Waals surface area (Å²) >= 11 is 0. The standard InChI is InChI=1S/C21H24N6O2/c28-20(17-15-18-3-1-2-6-27(18)16-17)25-9-7-24(8-10-25)19-4-5-22-21(23-19)26-11-13-29-14-12-26/h1-6,15-16H,7-14H2. The molecule has 0 spiro atoms. The van der Waals surface area contributed by atoms with E-state index >= 15 is 0 Å². The third-order valence-corrected chi connectivity index (χ3v) is 5.56. The molecule has 2 fully saturated rings. The Kier molecular flexibility index (Phi) is 4.77. The molecule has 29 heavy (non-hydrogen) atoms. The highest BCUT2D eigenvalue weighted by molar-refractivity contribution is 5.95. The Morgan fingerprint density at radius 1 is 0.966 bits per heavy atom.